The third kappa shape index (κ3) is 4.21. The van der Waals surface area contributed by atoms with E-state index < -0.39 is 0 Å². The molecular weight excluding hydrogens is 264 g/mol. The molecule has 114 valence electrons. The molecule has 2 N–H and O–H groups in total. The van der Waals surface area contributed by atoms with Gasteiger partial charge in [0, 0.05) is 12.1 Å². The lowest BCUT2D eigenvalue weighted by Gasteiger charge is -2.35. The number of amides is 1. The minimum Gasteiger partial charge on any atom is -0.508 e. The fourth-order valence-corrected chi connectivity index (χ4v) is 3.09. The molecule has 1 saturated heterocycles. The first-order valence-electron chi connectivity index (χ1n) is 8.02. The van der Waals surface area contributed by atoms with Gasteiger partial charge in [-0.05, 0) is 56.3 Å². The van der Waals surface area contributed by atoms with Crippen molar-refractivity contribution in [1.29, 1.82) is 0 Å². The van der Waals surface area contributed by atoms with Crippen LogP contribution >= 0.6 is 0 Å². The maximum absolute atomic E-state index is 12.0. The number of aromatic hydroxyl groups is 1. The lowest BCUT2D eigenvalue weighted by molar-refractivity contribution is -0.123. The Bertz CT molecular complexity index is 482. The molecule has 2 aliphatic rings. The van der Waals surface area contributed by atoms with Gasteiger partial charge in [0.1, 0.15) is 5.75 Å². The minimum absolute atomic E-state index is 0.176. The summed E-state index contributed by atoms with van der Waals surface area (Å²) >= 11 is 0. The Labute approximate surface area is 126 Å². The van der Waals surface area contributed by atoms with E-state index in [2.05, 4.69) is 10.2 Å². The van der Waals surface area contributed by atoms with E-state index in [-0.39, 0.29) is 5.91 Å². The van der Waals surface area contributed by atoms with E-state index in [1.54, 1.807) is 12.1 Å². The highest BCUT2D eigenvalue weighted by Crippen LogP contribution is 2.22. The molecule has 4 nitrogen and oxygen atoms in total. The molecule has 1 amide bonds. The number of benzene rings is 1. The smallest absolute Gasteiger partial charge is 0.234 e. The first-order chi connectivity index (χ1) is 10.2. The molecule has 1 aromatic carbocycles. The number of hydrogen-bond acceptors (Lipinski definition) is 3. The predicted molar refractivity (Wildman–Crippen MR) is 82.2 cm³/mol. The summed E-state index contributed by atoms with van der Waals surface area (Å²) in [4.78, 5) is 14.3. The van der Waals surface area contributed by atoms with Gasteiger partial charge in [-0.1, -0.05) is 18.6 Å². The van der Waals surface area contributed by atoms with E-state index in [0.29, 0.717) is 24.4 Å². The van der Waals surface area contributed by atoms with E-state index in [9.17, 15) is 9.90 Å². The molecule has 3 rings (SSSR count). The number of likely N-dealkylation sites (tertiary alicyclic amines) is 1. The summed E-state index contributed by atoms with van der Waals surface area (Å²) in [5.41, 5.74) is 1.23. The van der Waals surface area contributed by atoms with Crippen LogP contribution in [0.3, 0.4) is 0 Å². The molecule has 0 spiro atoms. The van der Waals surface area contributed by atoms with Gasteiger partial charge >= 0.3 is 0 Å². The van der Waals surface area contributed by atoms with Crippen LogP contribution in [0.25, 0.3) is 0 Å². The van der Waals surface area contributed by atoms with Crippen molar-refractivity contribution in [2.24, 2.45) is 0 Å². The van der Waals surface area contributed by atoms with Crippen molar-refractivity contribution in [3.63, 3.8) is 0 Å². The van der Waals surface area contributed by atoms with Gasteiger partial charge in [-0.15, -0.1) is 0 Å². The largest absolute Gasteiger partial charge is 0.508 e. The molecule has 0 aromatic heterocycles. The summed E-state index contributed by atoms with van der Waals surface area (Å²) in [5.74, 6) is 0.484. The van der Waals surface area contributed by atoms with Crippen LogP contribution in [0.2, 0.25) is 0 Å². The van der Waals surface area contributed by atoms with E-state index in [1.807, 2.05) is 12.1 Å². The van der Waals surface area contributed by atoms with E-state index in [1.165, 1.54) is 18.4 Å². The first-order valence-corrected chi connectivity index (χ1v) is 8.02. The molecule has 4 heteroatoms. The number of carbonyl (C=O) groups excluding carboxylic acids is 1. The van der Waals surface area contributed by atoms with Crippen molar-refractivity contribution in [2.75, 3.05) is 13.1 Å². The predicted octanol–water partition coefficient (Wildman–Crippen LogP) is 2.07. The van der Waals surface area contributed by atoms with Crippen LogP contribution in [0.1, 0.15) is 37.7 Å². The Morgan fingerprint density at radius 3 is 2.67 bits per heavy atom. The molecule has 2 fully saturated rings. The highest BCUT2D eigenvalue weighted by Gasteiger charge is 2.27. The Morgan fingerprint density at radius 2 is 1.95 bits per heavy atom. The summed E-state index contributed by atoms with van der Waals surface area (Å²) in [7, 11) is 0. The molecule has 1 aliphatic carbocycles. The zero-order valence-electron chi connectivity index (χ0n) is 12.4. The van der Waals surface area contributed by atoms with Gasteiger partial charge in [0.2, 0.25) is 5.91 Å². The van der Waals surface area contributed by atoms with Gasteiger partial charge in [0.15, 0.2) is 0 Å². The lowest BCUT2D eigenvalue weighted by Crippen LogP contribution is -2.46. The zero-order chi connectivity index (χ0) is 14.7. The summed E-state index contributed by atoms with van der Waals surface area (Å²) < 4.78 is 0. The first kappa shape index (κ1) is 14.4. The Balaban J connectivity index is 1.57. The van der Waals surface area contributed by atoms with Crippen LogP contribution in [0, 0.1) is 0 Å². The van der Waals surface area contributed by atoms with E-state index >= 15 is 0 Å². The molecule has 1 saturated carbocycles. The van der Waals surface area contributed by atoms with Gasteiger partial charge in [-0.25, -0.2) is 0 Å². The van der Waals surface area contributed by atoms with Gasteiger partial charge in [0.25, 0.3) is 0 Å². The van der Waals surface area contributed by atoms with Gasteiger partial charge < -0.3 is 10.4 Å². The van der Waals surface area contributed by atoms with Crippen LogP contribution < -0.4 is 5.32 Å². The fourth-order valence-electron chi connectivity index (χ4n) is 3.09. The van der Waals surface area contributed by atoms with Crippen LogP contribution in [-0.4, -0.2) is 41.1 Å². The molecule has 1 aromatic rings. The van der Waals surface area contributed by atoms with Crippen molar-refractivity contribution in [3.8, 4) is 5.75 Å². The Morgan fingerprint density at radius 1 is 1.19 bits per heavy atom. The number of phenols is 1. The average Bonchev–Trinajstić information content (AvgIpc) is 3.27. The van der Waals surface area contributed by atoms with Gasteiger partial charge in [-0.3, -0.25) is 9.69 Å². The van der Waals surface area contributed by atoms with Crippen molar-refractivity contribution in [1.82, 2.24) is 10.2 Å². The number of hydrogen-bond donors (Lipinski definition) is 2. The van der Waals surface area contributed by atoms with Crippen molar-refractivity contribution in [3.05, 3.63) is 29.8 Å². The molecule has 1 unspecified atom stereocenters. The van der Waals surface area contributed by atoms with Gasteiger partial charge in [-0.2, -0.15) is 0 Å². The minimum atomic E-state index is 0.176. The molecule has 0 bridgehead atoms. The van der Waals surface area contributed by atoms with Gasteiger partial charge in [0.05, 0.1) is 6.54 Å². The molecule has 0 radical (unpaired) electrons. The van der Waals surface area contributed by atoms with Crippen LogP contribution in [-0.2, 0) is 11.2 Å². The topological polar surface area (TPSA) is 52.6 Å². The maximum atomic E-state index is 12.0. The molecule has 1 atom stereocenters. The van der Waals surface area contributed by atoms with Crippen LogP contribution in [0.4, 0.5) is 0 Å². The van der Waals surface area contributed by atoms with E-state index in [4.69, 9.17) is 0 Å². The van der Waals surface area contributed by atoms with Crippen molar-refractivity contribution in [2.45, 2.75) is 50.6 Å². The van der Waals surface area contributed by atoms with E-state index in [0.717, 1.165) is 32.2 Å². The second kappa shape index (κ2) is 6.48. The number of carbonyl (C=O) groups is 1. The molecule has 1 heterocycles. The van der Waals surface area contributed by atoms with Crippen molar-refractivity contribution >= 4 is 5.91 Å². The SMILES string of the molecule is O=C(CN1CCCCC1Cc1ccc(O)cc1)NC1CC1. The number of nitrogens with zero attached hydrogens (tertiary/aromatic N) is 1. The quantitative estimate of drug-likeness (QED) is 0.872. The maximum Gasteiger partial charge on any atom is 0.234 e. The molecule has 1 aliphatic heterocycles. The lowest BCUT2D eigenvalue weighted by atomic mass is 9.95. The summed E-state index contributed by atoms with van der Waals surface area (Å²) in [5, 5.41) is 12.4. The second-order valence-corrected chi connectivity index (χ2v) is 6.33. The molecule has 21 heavy (non-hydrogen) atoms. The Hall–Kier alpha value is -1.55. The standard InChI is InChI=1S/C17H24N2O2/c20-16-8-4-13(5-9-16)11-15-3-1-2-10-19(15)12-17(21)18-14-6-7-14/h4-5,8-9,14-15,20H,1-3,6-7,10-12H2,(H,18,21). The molecular formula is C17H24N2O2. The number of phenolic OH excluding ortho intramolecular Hbond substituents is 1. The summed E-state index contributed by atoms with van der Waals surface area (Å²) in [6.45, 7) is 1.54. The fraction of sp³-hybridized carbons (Fsp3) is 0.588. The monoisotopic (exact) mass is 288 g/mol. The number of nitrogens with one attached hydrogen (secondary N) is 1. The van der Waals surface area contributed by atoms with Crippen LogP contribution in [0.15, 0.2) is 24.3 Å². The summed E-state index contributed by atoms with van der Waals surface area (Å²) in [6, 6.07) is 8.31. The highest BCUT2D eigenvalue weighted by molar-refractivity contribution is 5.78. The highest BCUT2D eigenvalue weighted by atomic mass is 16.3. The van der Waals surface area contributed by atoms with Crippen LogP contribution in [0.5, 0.6) is 5.75 Å². The zero-order valence-corrected chi connectivity index (χ0v) is 12.4. The normalized spacial score (nSPS) is 23.0. The summed E-state index contributed by atoms with van der Waals surface area (Å²) in [6.07, 6.45) is 6.81. The third-order valence-corrected chi connectivity index (χ3v) is 4.45. The van der Waals surface area contributed by atoms with Crippen molar-refractivity contribution < 1.29 is 9.90 Å². The average molecular weight is 288 g/mol. The Kier molecular flexibility index (Phi) is 4.44. The number of piperidine rings is 1. The third-order valence-electron chi connectivity index (χ3n) is 4.45. The second-order valence-electron chi connectivity index (χ2n) is 6.33. The number of rotatable bonds is 5.